The smallest absolute Gasteiger partial charge is 0.264 e. The quantitative estimate of drug-likeness (QED) is 0.254. The number of benzene rings is 3. The Morgan fingerprint density at radius 2 is 1.57 bits per heavy atom. The van der Waals surface area contributed by atoms with Gasteiger partial charge in [0.2, 0.25) is 11.8 Å². The third kappa shape index (κ3) is 6.78. The molecule has 230 valence electrons. The zero-order chi connectivity index (χ0) is 31.8. The second-order valence-electron chi connectivity index (χ2n) is 12.9. The first-order chi connectivity index (χ1) is 20.7. The fourth-order valence-corrected chi connectivity index (χ4v) is 6.55. The van der Waals surface area contributed by atoms with Crippen molar-refractivity contribution < 1.29 is 17.9 Å². The first kappa shape index (κ1) is 31.2. The lowest BCUT2D eigenvalue weighted by atomic mass is 9.85. The molecule has 3 aromatic carbocycles. The van der Waals surface area contributed by atoms with Crippen molar-refractivity contribution in [3.63, 3.8) is 0 Å². The molecule has 0 radical (unpaired) electrons. The van der Waals surface area contributed by atoms with Crippen LogP contribution in [0.3, 0.4) is 0 Å². The van der Waals surface area contributed by atoms with Gasteiger partial charge in [-0.05, 0) is 72.1 Å². The Balaban J connectivity index is 1.74. The van der Waals surface area contributed by atoms with Gasteiger partial charge in [-0.25, -0.2) is 18.1 Å². The predicted molar refractivity (Wildman–Crippen MR) is 173 cm³/mol. The number of aromatic nitrogens is 2. The molecule has 2 heterocycles. The van der Waals surface area contributed by atoms with Crippen LogP contribution in [-0.4, -0.2) is 30.3 Å². The molecule has 0 fully saturated rings. The standard InChI is InChI=1S/C35H40N4O4S/c1-21(2)18-29-32(24-14-16-26(17-15-24)35(5,6)7)43-30-20-28(31-22(3)10-8-11-23(31)4)37-34(38-30)39-44(41,42)27-13-9-12-25(19-27)33(40)36-29/h8-17,19-21,29,32H,18H2,1-7H3,(H,36,40)(H,37,38,39)/t29-,32-/m1/s1. The van der Waals surface area contributed by atoms with Crippen molar-refractivity contribution in [1.29, 1.82) is 0 Å². The molecule has 2 atom stereocenters. The third-order valence-electron chi connectivity index (χ3n) is 7.83. The Hall–Kier alpha value is -4.24. The largest absolute Gasteiger partial charge is 0.467 e. The van der Waals surface area contributed by atoms with E-state index in [0.717, 1.165) is 22.3 Å². The number of ether oxygens (including phenoxy) is 1. The Morgan fingerprint density at radius 1 is 0.909 bits per heavy atom. The molecule has 0 spiro atoms. The lowest BCUT2D eigenvalue weighted by molar-refractivity contribution is 0.0841. The van der Waals surface area contributed by atoms with Crippen molar-refractivity contribution in [2.24, 2.45) is 5.92 Å². The molecule has 8 nitrogen and oxygen atoms in total. The zero-order valence-corrected chi connectivity index (χ0v) is 27.1. The molecule has 4 aromatic rings. The number of fused-ring (bicyclic) bond motifs is 4. The summed E-state index contributed by atoms with van der Waals surface area (Å²) in [7, 11) is -4.13. The number of amides is 1. The lowest BCUT2D eigenvalue weighted by Crippen LogP contribution is -2.42. The maximum Gasteiger partial charge on any atom is 0.264 e. The summed E-state index contributed by atoms with van der Waals surface area (Å²) >= 11 is 0. The van der Waals surface area contributed by atoms with E-state index in [4.69, 9.17) is 4.74 Å². The van der Waals surface area contributed by atoms with E-state index in [9.17, 15) is 13.2 Å². The van der Waals surface area contributed by atoms with Gasteiger partial charge in [0.25, 0.3) is 15.9 Å². The molecule has 1 aliphatic heterocycles. The molecule has 0 saturated carbocycles. The average molecular weight is 613 g/mol. The second-order valence-corrected chi connectivity index (χ2v) is 14.6. The van der Waals surface area contributed by atoms with Gasteiger partial charge in [0.05, 0.1) is 16.6 Å². The summed E-state index contributed by atoms with van der Waals surface area (Å²) in [5, 5.41) is 3.17. The highest BCUT2D eigenvalue weighted by atomic mass is 32.2. The molecule has 1 aliphatic rings. The Morgan fingerprint density at radius 3 is 2.20 bits per heavy atom. The van der Waals surface area contributed by atoms with Gasteiger partial charge >= 0.3 is 0 Å². The summed E-state index contributed by atoms with van der Waals surface area (Å²) in [6, 6.07) is 21.4. The van der Waals surface area contributed by atoms with Gasteiger partial charge in [0, 0.05) is 17.2 Å². The van der Waals surface area contributed by atoms with Crippen molar-refractivity contribution in [3.8, 4) is 17.1 Å². The number of carbonyl (C=O) groups excluding carboxylic acids is 1. The number of nitrogens with zero attached hydrogens (tertiary/aromatic N) is 2. The van der Waals surface area contributed by atoms with Crippen LogP contribution in [0.25, 0.3) is 11.3 Å². The minimum Gasteiger partial charge on any atom is -0.467 e. The topological polar surface area (TPSA) is 110 Å². The number of aryl methyl sites for hydroxylation is 2. The molecule has 0 unspecified atom stereocenters. The second kappa shape index (κ2) is 12.0. The summed E-state index contributed by atoms with van der Waals surface area (Å²) in [6.45, 7) is 14.6. The molecular formula is C35H40N4O4S. The van der Waals surface area contributed by atoms with Crippen molar-refractivity contribution >= 4 is 21.9 Å². The molecule has 1 aromatic heterocycles. The van der Waals surface area contributed by atoms with E-state index in [0.29, 0.717) is 12.1 Å². The molecule has 5 rings (SSSR count). The molecule has 1 amide bonds. The number of rotatable bonds is 4. The van der Waals surface area contributed by atoms with Crippen LogP contribution in [0.15, 0.2) is 77.7 Å². The van der Waals surface area contributed by atoms with Crippen LogP contribution in [0.5, 0.6) is 5.88 Å². The molecule has 2 N–H and O–H groups in total. The predicted octanol–water partition coefficient (Wildman–Crippen LogP) is 7.14. The normalized spacial score (nSPS) is 18.2. The van der Waals surface area contributed by atoms with E-state index in [1.807, 2.05) is 44.2 Å². The van der Waals surface area contributed by atoms with Crippen LogP contribution in [0.1, 0.15) is 79.8 Å². The highest BCUT2D eigenvalue weighted by Crippen LogP contribution is 2.34. The molecular weight excluding hydrogens is 572 g/mol. The van der Waals surface area contributed by atoms with Crippen LogP contribution in [0, 0.1) is 19.8 Å². The van der Waals surface area contributed by atoms with E-state index in [2.05, 4.69) is 66.8 Å². The van der Waals surface area contributed by atoms with Gasteiger partial charge in [-0.3, -0.25) is 4.79 Å². The van der Waals surface area contributed by atoms with Gasteiger partial charge in [0.1, 0.15) is 6.10 Å². The average Bonchev–Trinajstić information content (AvgIpc) is 2.94. The van der Waals surface area contributed by atoms with Crippen LogP contribution in [0.2, 0.25) is 0 Å². The number of anilines is 1. The van der Waals surface area contributed by atoms with Crippen LogP contribution >= 0.6 is 0 Å². The minimum atomic E-state index is -4.13. The van der Waals surface area contributed by atoms with Crippen LogP contribution < -0.4 is 14.8 Å². The third-order valence-corrected chi connectivity index (χ3v) is 9.16. The van der Waals surface area contributed by atoms with Crippen molar-refractivity contribution in [2.45, 2.75) is 77.3 Å². The molecule has 0 aliphatic carbocycles. The van der Waals surface area contributed by atoms with E-state index in [1.165, 1.54) is 17.7 Å². The minimum absolute atomic E-state index is 0.0419. The summed E-state index contributed by atoms with van der Waals surface area (Å²) in [6.07, 6.45) is -0.0282. The monoisotopic (exact) mass is 612 g/mol. The Bertz CT molecular complexity index is 1770. The van der Waals surface area contributed by atoms with E-state index < -0.39 is 22.2 Å². The van der Waals surface area contributed by atoms with Gasteiger partial charge < -0.3 is 10.1 Å². The summed E-state index contributed by atoms with van der Waals surface area (Å²) in [5.41, 5.74) is 5.57. The number of hydrogen-bond donors (Lipinski definition) is 2. The number of nitrogens with one attached hydrogen (secondary N) is 2. The highest BCUT2D eigenvalue weighted by molar-refractivity contribution is 7.92. The summed E-state index contributed by atoms with van der Waals surface area (Å²) in [4.78, 5) is 22.8. The van der Waals surface area contributed by atoms with E-state index in [1.54, 1.807) is 18.2 Å². The van der Waals surface area contributed by atoms with E-state index >= 15 is 0 Å². The first-order valence-electron chi connectivity index (χ1n) is 14.9. The fourth-order valence-electron chi connectivity index (χ4n) is 5.56. The van der Waals surface area contributed by atoms with Crippen LogP contribution in [0.4, 0.5) is 5.95 Å². The van der Waals surface area contributed by atoms with E-state index in [-0.39, 0.29) is 39.5 Å². The summed E-state index contributed by atoms with van der Waals surface area (Å²) < 4.78 is 36.3. The number of sulfonamides is 1. The van der Waals surface area contributed by atoms with Gasteiger partial charge in [-0.15, -0.1) is 0 Å². The molecule has 4 bridgehead atoms. The van der Waals surface area contributed by atoms with Gasteiger partial charge in [-0.2, -0.15) is 4.98 Å². The SMILES string of the molecule is Cc1cccc(C)c1-c1cc2nc(n1)NS(=O)(=O)c1cccc(c1)C(=O)N[C@H](CC(C)C)[C@@H](c1ccc(C(C)(C)C)cc1)O2. The van der Waals surface area contributed by atoms with Crippen molar-refractivity contribution in [2.75, 3.05) is 4.72 Å². The molecule has 0 saturated heterocycles. The first-order valence-corrected chi connectivity index (χ1v) is 16.4. The Kier molecular flexibility index (Phi) is 8.53. The van der Waals surface area contributed by atoms with Crippen molar-refractivity contribution in [3.05, 3.63) is 101 Å². The lowest BCUT2D eigenvalue weighted by Gasteiger charge is -2.31. The highest BCUT2D eigenvalue weighted by Gasteiger charge is 2.31. The Labute approximate surface area is 260 Å². The number of carbonyl (C=O) groups is 1. The summed E-state index contributed by atoms with van der Waals surface area (Å²) in [5.74, 6) is -0.100. The molecule has 44 heavy (non-hydrogen) atoms. The molecule has 9 heteroatoms. The van der Waals surface area contributed by atoms with Gasteiger partial charge in [-0.1, -0.05) is 83.1 Å². The maximum atomic E-state index is 13.6. The zero-order valence-electron chi connectivity index (χ0n) is 26.3. The number of hydrogen-bond acceptors (Lipinski definition) is 6. The van der Waals surface area contributed by atoms with Crippen LogP contribution in [-0.2, 0) is 15.4 Å². The fraction of sp³-hybridized carbons (Fsp3) is 0.343. The van der Waals surface area contributed by atoms with Crippen molar-refractivity contribution in [1.82, 2.24) is 15.3 Å². The van der Waals surface area contributed by atoms with Gasteiger partial charge in [0.15, 0.2) is 0 Å². The maximum absolute atomic E-state index is 13.6.